The van der Waals surface area contributed by atoms with Crippen molar-refractivity contribution in [1.82, 2.24) is 4.90 Å². The predicted octanol–water partition coefficient (Wildman–Crippen LogP) is 1.59. The third-order valence-electron chi connectivity index (χ3n) is 1.88. The Bertz CT molecular complexity index is 144. The highest BCUT2D eigenvalue weighted by atomic mass is 19.4. The van der Waals surface area contributed by atoms with Gasteiger partial charge in [0.15, 0.2) is 0 Å². The van der Waals surface area contributed by atoms with E-state index in [2.05, 4.69) is 0 Å². The fraction of sp³-hybridized carbons (Fsp3) is 1.00. The Morgan fingerprint density at radius 3 is 2.09 bits per heavy atom. The first-order valence-electron chi connectivity index (χ1n) is 3.32. The molecule has 1 saturated heterocycles. The molecule has 1 heterocycles. The Hall–Kier alpha value is -0.320. The second-order valence-corrected chi connectivity index (χ2v) is 2.83. The summed E-state index contributed by atoms with van der Waals surface area (Å²) in [4.78, 5) is 1.00. The first-order valence-corrected chi connectivity index (χ1v) is 3.32. The molecule has 1 rings (SSSR count). The van der Waals surface area contributed by atoms with Crippen molar-refractivity contribution in [2.75, 3.05) is 13.6 Å². The van der Waals surface area contributed by atoms with Gasteiger partial charge in [0, 0.05) is 13.0 Å². The number of halogens is 4. The highest BCUT2D eigenvalue weighted by Gasteiger charge is 2.47. The molecule has 1 nitrogen and oxygen atoms in total. The minimum atomic E-state index is -4.28. The largest absolute Gasteiger partial charge is 0.404 e. The second kappa shape index (κ2) is 2.62. The molecular formula is C6H9F4N. The van der Waals surface area contributed by atoms with Crippen LogP contribution in [0.25, 0.3) is 0 Å². The zero-order valence-electron chi connectivity index (χ0n) is 6.03. The molecular weight excluding hydrogens is 162 g/mol. The van der Waals surface area contributed by atoms with Gasteiger partial charge >= 0.3 is 6.18 Å². The zero-order chi connectivity index (χ0) is 8.65. The average Bonchev–Trinajstić information content (AvgIpc) is 2.08. The lowest BCUT2D eigenvalue weighted by Gasteiger charge is -2.21. The third kappa shape index (κ3) is 1.83. The molecule has 1 fully saturated rings. The SMILES string of the molecule is CN1CC(F)CC1C(F)(F)F. The maximum Gasteiger partial charge on any atom is 0.404 e. The summed E-state index contributed by atoms with van der Waals surface area (Å²) in [5, 5.41) is 0. The smallest absolute Gasteiger partial charge is 0.292 e. The normalized spacial score (nSPS) is 34.6. The van der Waals surface area contributed by atoms with E-state index in [9.17, 15) is 17.6 Å². The molecule has 1 aliphatic rings. The van der Waals surface area contributed by atoms with Crippen LogP contribution in [-0.2, 0) is 0 Å². The van der Waals surface area contributed by atoms with Crippen LogP contribution in [0.2, 0.25) is 0 Å². The van der Waals surface area contributed by atoms with E-state index < -0.39 is 24.8 Å². The van der Waals surface area contributed by atoms with Crippen molar-refractivity contribution < 1.29 is 17.6 Å². The van der Waals surface area contributed by atoms with Crippen LogP contribution < -0.4 is 0 Å². The molecule has 0 aliphatic carbocycles. The van der Waals surface area contributed by atoms with Gasteiger partial charge in [-0.2, -0.15) is 13.2 Å². The molecule has 0 radical (unpaired) electrons. The maximum atomic E-state index is 12.4. The van der Waals surface area contributed by atoms with Gasteiger partial charge in [-0.05, 0) is 7.05 Å². The lowest BCUT2D eigenvalue weighted by atomic mass is 10.2. The highest BCUT2D eigenvalue weighted by molar-refractivity contribution is 4.87. The molecule has 0 bridgehead atoms. The fourth-order valence-electron chi connectivity index (χ4n) is 1.32. The number of hydrogen-bond acceptors (Lipinski definition) is 1. The summed E-state index contributed by atoms with van der Waals surface area (Å²) in [6.07, 6.45) is -6.03. The molecule has 1 aliphatic heterocycles. The molecule has 5 heteroatoms. The topological polar surface area (TPSA) is 3.24 Å². The van der Waals surface area contributed by atoms with Crippen LogP contribution in [0, 0.1) is 0 Å². The van der Waals surface area contributed by atoms with Crippen LogP contribution in [0.4, 0.5) is 17.6 Å². The third-order valence-corrected chi connectivity index (χ3v) is 1.88. The molecule has 2 unspecified atom stereocenters. The molecule has 0 amide bonds. The molecule has 0 saturated carbocycles. The lowest BCUT2D eigenvalue weighted by Crippen LogP contribution is -2.38. The first kappa shape index (κ1) is 8.77. The van der Waals surface area contributed by atoms with Crippen molar-refractivity contribution in [3.8, 4) is 0 Å². The average molecular weight is 171 g/mol. The van der Waals surface area contributed by atoms with Crippen molar-refractivity contribution in [2.45, 2.75) is 24.8 Å². The van der Waals surface area contributed by atoms with Gasteiger partial charge in [-0.15, -0.1) is 0 Å². The second-order valence-electron chi connectivity index (χ2n) is 2.83. The molecule has 2 atom stereocenters. The molecule has 0 aromatic heterocycles. The van der Waals surface area contributed by atoms with E-state index in [0.29, 0.717) is 0 Å². The van der Waals surface area contributed by atoms with Gasteiger partial charge in [-0.25, -0.2) is 4.39 Å². The number of hydrogen-bond donors (Lipinski definition) is 0. The zero-order valence-corrected chi connectivity index (χ0v) is 6.03. The number of rotatable bonds is 0. The summed E-state index contributed by atoms with van der Waals surface area (Å²) in [6, 6.07) is -1.59. The summed E-state index contributed by atoms with van der Waals surface area (Å²) in [5.41, 5.74) is 0. The Labute approximate surface area is 62.0 Å². The standard InChI is InChI=1S/C6H9F4N/c1-11-3-4(7)2-5(11)6(8,9)10/h4-5H,2-3H2,1H3. The monoisotopic (exact) mass is 171 g/mol. The number of alkyl halides is 4. The molecule has 66 valence electrons. The van der Waals surface area contributed by atoms with Crippen molar-refractivity contribution in [1.29, 1.82) is 0 Å². The molecule has 0 spiro atoms. The molecule has 0 aromatic rings. The predicted molar refractivity (Wildman–Crippen MR) is 32.0 cm³/mol. The van der Waals surface area contributed by atoms with Crippen LogP contribution >= 0.6 is 0 Å². The quantitative estimate of drug-likeness (QED) is 0.500. The summed E-state index contributed by atoms with van der Waals surface area (Å²) in [5.74, 6) is 0. The van der Waals surface area contributed by atoms with Crippen LogP contribution in [0.15, 0.2) is 0 Å². The van der Waals surface area contributed by atoms with Gasteiger partial charge in [0.2, 0.25) is 0 Å². The summed E-state index contributed by atoms with van der Waals surface area (Å²) >= 11 is 0. The maximum absolute atomic E-state index is 12.4. The highest BCUT2D eigenvalue weighted by Crippen LogP contribution is 2.32. The number of nitrogens with zero attached hydrogens (tertiary/aromatic N) is 1. The van der Waals surface area contributed by atoms with E-state index in [4.69, 9.17) is 0 Å². The molecule has 0 N–H and O–H groups in total. The van der Waals surface area contributed by atoms with Gasteiger partial charge in [-0.3, -0.25) is 4.90 Å². The Kier molecular flexibility index (Phi) is 2.09. The van der Waals surface area contributed by atoms with Crippen molar-refractivity contribution in [3.63, 3.8) is 0 Å². The van der Waals surface area contributed by atoms with Gasteiger partial charge in [0.25, 0.3) is 0 Å². The minimum absolute atomic E-state index is 0.107. The van der Waals surface area contributed by atoms with Gasteiger partial charge in [0.05, 0.1) is 0 Å². The van der Waals surface area contributed by atoms with E-state index in [-0.39, 0.29) is 6.54 Å². The fourth-order valence-corrected chi connectivity index (χ4v) is 1.32. The Morgan fingerprint density at radius 2 is 1.91 bits per heavy atom. The van der Waals surface area contributed by atoms with Crippen LogP contribution in [0.3, 0.4) is 0 Å². The van der Waals surface area contributed by atoms with Crippen LogP contribution in [0.5, 0.6) is 0 Å². The van der Waals surface area contributed by atoms with E-state index in [1.807, 2.05) is 0 Å². The summed E-state index contributed by atoms with van der Waals surface area (Å²) in [6.45, 7) is -0.107. The number of likely N-dealkylation sites (tertiary alicyclic amines) is 1. The van der Waals surface area contributed by atoms with E-state index in [1.165, 1.54) is 7.05 Å². The molecule has 11 heavy (non-hydrogen) atoms. The molecule has 0 aromatic carbocycles. The first-order chi connectivity index (χ1) is 4.91. The van der Waals surface area contributed by atoms with Crippen LogP contribution in [0.1, 0.15) is 6.42 Å². The van der Waals surface area contributed by atoms with E-state index in [1.54, 1.807) is 0 Å². The van der Waals surface area contributed by atoms with Crippen molar-refractivity contribution in [2.24, 2.45) is 0 Å². The van der Waals surface area contributed by atoms with Gasteiger partial charge < -0.3 is 0 Å². The van der Waals surface area contributed by atoms with Crippen molar-refractivity contribution >= 4 is 0 Å². The van der Waals surface area contributed by atoms with Crippen molar-refractivity contribution in [3.05, 3.63) is 0 Å². The van der Waals surface area contributed by atoms with Gasteiger partial charge in [0.1, 0.15) is 12.2 Å². The van der Waals surface area contributed by atoms with E-state index >= 15 is 0 Å². The Balaban J connectivity index is 2.60. The summed E-state index contributed by atoms with van der Waals surface area (Å²) < 4.78 is 48.3. The minimum Gasteiger partial charge on any atom is -0.292 e. The Morgan fingerprint density at radius 1 is 1.36 bits per heavy atom. The van der Waals surface area contributed by atoms with E-state index in [0.717, 1.165) is 4.90 Å². The summed E-state index contributed by atoms with van der Waals surface area (Å²) in [7, 11) is 1.29. The van der Waals surface area contributed by atoms with Gasteiger partial charge in [-0.1, -0.05) is 0 Å². The van der Waals surface area contributed by atoms with Crippen LogP contribution in [-0.4, -0.2) is 36.9 Å². The lowest BCUT2D eigenvalue weighted by molar-refractivity contribution is -0.172.